The van der Waals surface area contributed by atoms with E-state index in [1.165, 1.54) is 17.0 Å². The van der Waals surface area contributed by atoms with Crippen molar-refractivity contribution in [1.82, 2.24) is 0 Å². The average molecular weight is 239 g/mol. The number of hydrogen-bond donors (Lipinski definition) is 3. The zero-order valence-electron chi connectivity index (χ0n) is 9.19. The first-order chi connectivity index (χ1) is 8.02. The molecule has 1 saturated heterocycles. The molecule has 1 atom stereocenters. The second kappa shape index (κ2) is 4.12. The van der Waals surface area contributed by atoms with Gasteiger partial charge in [0.15, 0.2) is 5.82 Å². The van der Waals surface area contributed by atoms with E-state index in [0.29, 0.717) is 13.0 Å². The van der Waals surface area contributed by atoms with Crippen LogP contribution in [0.25, 0.3) is 0 Å². The molecule has 92 valence electrons. The summed E-state index contributed by atoms with van der Waals surface area (Å²) in [5, 5.41) is 9.04. The van der Waals surface area contributed by atoms with Crippen LogP contribution in [0.3, 0.4) is 0 Å². The number of aliphatic carboxylic acids is 1. The number of nitrogens with two attached hydrogens (primary N) is 2. The quantitative estimate of drug-likeness (QED) is 0.671. The number of rotatable bonds is 2. The fraction of sp³-hybridized carbons (Fsp3) is 0.364. The topological polar surface area (TPSA) is 92.6 Å². The lowest BCUT2D eigenvalue weighted by Crippen LogP contribution is -2.36. The summed E-state index contributed by atoms with van der Waals surface area (Å²) < 4.78 is 13.9. The van der Waals surface area contributed by atoms with Crippen molar-refractivity contribution in [3.63, 3.8) is 0 Å². The molecular formula is C11H14FN3O2. The third kappa shape index (κ3) is 1.86. The van der Waals surface area contributed by atoms with E-state index in [9.17, 15) is 9.18 Å². The molecule has 1 aromatic carbocycles. The molecule has 6 heteroatoms. The molecule has 0 amide bonds. The Bertz CT molecular complexity index is 464. The molecular weight excluding hydrogens is 225 g/mol. The van der Waals surface area contributed by atoms with Crippen LogP contribution < -0.4 is 16.4 Å². The van der Waals surface area contributed by atoms with Crippen LogP contribution in [0.2, 0.25) is 0 Å². The SMILES string of the molecule is Nc1ccc(N2CCC[C@H]2C(=O)O)c(F)c1N. The van der Waals surface area contributed by atoms with Crippen molar-refractivity contribution < 1.29 is 14.3 Å². The van der Waals surface area contributed by atoms with Crippen LogP contribution in [-0.2, 0) is 4.79 Å². The number of nitrogens with zero attached hydrogens (tertiary/aromatic N) is 1. The highest BCUT2D eigenvalue weighted by atomic mass is 19.1. The number of hydrogen-bond acceptors (Lipinski definition) is 4. The molecule has 0 saturated carbocycles. The molecule has 0 radical (unpaired) electrons. The highest BCUT2D eigenvalue weighted by molar-refractivity contribution is 5.81. The summed E-state index contributed by atoms with van der Waals surface area (Å²) in [7, 11) is 0. The molecule has 1 heterocycles. The van der Waals surface area contributed by atoms with Gasteiger partial charge in [-0.3, -0.25) is 0 Å². The Morgan fingerprint density at radius 3 is 2.82 bits per heavy atom. The van der Waals surface area contributed by atoms with Gasteiger partial charge in [-0.25, -0.2) is 9.18 Å². The van der Waals surface area contributed by atoms with E-state index in [1.54, 1.807) is 0 Å². The third-order valence-electron chi connectivity index (χ3n) is 3.04. The first kappa shape index (κ1) is 11.5. The van der Waals surface area contributed by atoms with Gasteiger partial charge in [0, 0.05) is 6.54 Å². The van der Waals surface area contributed by atoms with E-state index < -0.39 is 17.8 Å². The Hall–Kier alpha value is -1.98. The Morgan fingerprint density at radius 1 is 1.47 bits per heavy atom. The fourth-order valence-electron chi connectivity index (χ4n) is 2.13. The number of halogens is 1. The Kier molecular flexibility index (Phi) is 2.79. The van der Waals surface area contributed by atoms with Crippen molar-refractivity contribution in [3.8, 4) is 0 Å². The molecule has 1 aromatic rings. The van der Waals surface area contributed by atoms with Crippen LogP contribution in [-0.4, -0.2) is 23.7 Å². The molecule has 1 aliphatic rings. The van der Waals surface area contributed by atoms with Crippen LogP contribution in [0.1, 0.15) is 12.8 Å². The van der Waals surface area contributed by atoms with Crippen molar-refractivity contribution in [2.24, 2.45) is 0 Å². The van der Waals surface area contributed by atoms with Crippen molar-refractivity contribution in [2.45, 2.75) is 18.9 Å². The lowest BCUT2D eigenvalue weighted by Gasteiger charge is -2.24. The first-order valence-corrected chi connectivity index (χ1v) is 5.35. The van der Waals surface area contributed by atoms with Crippen LogP contribution in [0.15, 0.2) is 12.1 Å². The second-order valence-corrected chi connectivity index (χ2v) is 4.09. The van der Waals surface area contributed by atoms with Crippen LogP contribution >= 0.6 is 0 Å². The summed E-state index contributed by atoms with van der Waals surface area (Å²) in [5.74, 6) is -1.59. The molecule has 5 N–H and O–H groups in total. The summed E-state index contributed by atoms with van der Waals surface area (Å²) in [6.07, 6.45) is 1.24. The number of benzene rings is 1. The lowest BCUT2D eigenvalue weighted by atomic mass is 10.2. The normalized spacial score (nSPS) is 19.6. The van der Waals surface area contributed by atoms with Gasteiger partial charge in [0.05, 0.1) is 17.1 Å². The standard InChI is InChI=1S/C11H14FN3O2/c12-9-7(4-3-6(13)10(9)14)15-5-1-2-8(15)11(16)17/h3-4,8H,1-2,5,13-14H2,(H,16,17)/t8-/m0/s1. The fourth-order valence-corrected chi connectivity index (χ4v) is 2.13. The smallest absolute Gasteiger partial charge is 0.326 e. The maximum atomic E-state index is 13.9. The molecule has 1 aliphatic heterocycles. The van der Waals surface area contributed by atoms with Gasteiger partial charge in [-0.15, -0.1) is 0 Å². The summed E-state index contributed by atoms with van der Waals surface area (Å²) >= 11 is 0. The summed E-state index contributed by atoms with van der Waals surface area (Å²) in [4.78, 5) is 12.5. The Morgan fingerprint density at radius 2 is 2.18 bits per heavy atom. The number of nitrogen functional groups attached to an aromatic ring is 2. The predicted molar refractivity (Wildman–Crippen MR) is 63.2 cm³/mol. The minimum atomic E-state index is -0.947. The molecule has 0 aliphatic carbocycles. The summed E-state index contributed by atoms with van der Waals surface area (Å²) in [6.45, 7) is 0.511. The van der Waals surface area contributed by atoms with E-state index in [1.807, 2.05) is 0 Å². The van der Waals surface area contributed by atoms with Crippen molar-refractivity contribution in [1.29, 1.82) is 0 Å². The Labute approximate surface area is 97.8 Å². The highest BCUT2D eigenvalue weighted by Gasteiger charge is 2.32. The van der Waals surface area contributed by atoms with Gasteiger partial charge in [-0.05, 0) is 25.0 Å². The van der Waals surface area contributed by atoms with Gasteiger partial charge in [0.2, 0.25) is 0 Å². The minimum absolute atomic E-state index is 0.126. The molecule has 5 nitrogen and oxygen atoms in total. The number of anilines is 3. The van der Waals surface area contributed by atoms with E-state index >= 15 is 0 Å². The molecule has 0 bridgehead atoms. The number of carboxylic acids is 1. The maximum absolute atomic E-state index is 13.9. The van der Waals surface area contributed by atoms with Crippen molar-refractivity contribution in [2.75, 3.05) is 22.9 Å². The van der Waals surface area contributed by atoms with Gasteiger partial charge in [0.1, 0.15) is 6.04 Å². The van der Waals surface area contributed by atoms with Crippen LogP contribution in [0, 0.1) is 5.82 Å². The van der Waals surface area contributed by atoms with Gasteiger partial charge in [0.25, 0.3) is 0 Å². The zero-order chi connectivity index (χ0) is 12.6. The van der Waals surface area contributed by atoms with Crippen LogP contribution in [0.4, 0.5) is 21.5 Å². The summed E-state index contributed by atoms with van der Waals surface area (Å²) in [6, 6.07) is 2.28. The molecule has 0 unspecified atom stereocenters. The monoisotopic (exact) mass is 239 g/mol. The molecule has 2 rings (SSSR count). The van der Waals surface area contributed by atoms with Gasteiger partial charge in [-0.2, -0.15) is 0 Å². The summed E-state index contributed by atoms with van der Waals surface area (Å²) in [5.41, 5.74) is 11.2. The van der Waals surface area contributed by atoms with Gasteiger partial charge >= 0.3 is 5.97 Å². The largest absolute Gasteiger partial charge is 0.480 e. The minimum Gasteiger partial charge on any atom is -0.480 e. The van der Waals surface area contributed by atoms with Gasteiger partial charge in [-0.1, -0.05) is 0 Å². The van der Waals surface area contributed by atoms with E-state index in [4.69, 9.17) is 16.6 Å². The first-order valence-electron chi connectivity index (χ1n) is 5.35. The van der Waals surface area contributed by atoms with Crippen molar-refractivity contribution >= 4 is 23.0 Å². The maximum Gasteiger partial charge on any atom is 0.326 e. The number of carbonyl (C=O) groups is 1. The lowest BCUT2D eigenvalue weighted by molar-refractivity contribution is -0.138. The van der Waals surface area contributed by atoms with E-state index in [0.717, 1.165) is 6.42 Å². The Balaban J connectivity index is 2.40. The molecule has 0 aromatic heterocycles. The number of carboxylic acid groups (broad SMARTS) is 1. The average Bonchev–Trinajstić information content (AvgIpc) is 2.75. The third-order valence-corrected chi connectivity index (χ3v) is 3.04. The zero-order valence-corrected chi connectivity index (χ0v) is 9.19. The second-order valence-electron chi connectivity index (χ2n) is 4.09. The van der Waals surface area contributed by atoms with E-state index in [2.05, 4.69) is 0 Å². The van der Waals surface area contributed by atoms with E-state index in [-0.39, 0.29) is 17.1 Å². The van der Waals surface area contributed by atoms with Gasteiger partial charge < -0.3 is 21.5 Å². The molecule has 17 heavy (non-hydrogen) atoms. The van der Waals surface area contributed by atoms with Crippen LogP contribution in [0.5, 0.6) is 0 Å². The molecule has 0 spiro atoms. The highest BCUT2D eigenvalue weighted by Crippen LogP contribution is 2.33. The van der Waals surface area contributed by atoms with Crippen molar-refractivity contribution in [3.05, 3.63) is 17.9 Å². The molecule has 1 fully saturated rings. The predicted octanol–water partition coefficient (Wildman–Crippen LogP) is 1.04.